The Hall–Kier alpha value is -0.830. The van der Waals surface area contributed by atoms with Crippen LogP contribution in [0.2, 0.25) is 0 Å². The average molecular weight is 181 g/mol. The minimum absolute atomic E-state index is 0.600. The summed E-state index contributed by atoms with van der Waals surface area (Å²) < 4.78 is 0. The van der Waals surface area contributed by atoms with Crippen LogP contribution >= 0.6 is 0 Å². The summed E-state index contributed by atoms with van der Waals surface area (Å²) in [7, 11) is 0. The van der Waals surface area contributed by atoms with E-state index in [0.717, 1.165) is 12.2 Å². The second kappa shape index (κ2) is 5.75. The fourth-order valence-corrected chi connectivity index (χ4v) is 1.28. The number of unbranched alkanes of at least 4 members (excludes halogenated alkanes) is 1. The molecule has 1 aromatic rings. The molecule has 3 nitrogen and oxygen atoms in total. The molecular weight excluding hydrogens is 162 g/mol. The summed E-state index contributed by atoms with van der Waals surface area (Å²) in [6.07, 6.45) is 5.62. The number of hydrogen-bond donors (Lipinski definition) is 2. The van der Waals surface area contributed by atoms with Gasteiger partial charge in [0, 0.05) is 24.5 Å². The van der Waals surface area contributed by atoms with Gasteiger partial charge in [-0.05, 0) is 19.4 Å². The molecule has 13 heavy (non-hydrogen) atoms. The molecule has 74 valence electrons. The van der Waals surface area contributed by atoms with Crippen molar-refractivity contribution in [2.45, 2.75) is 45.7 Å². The van der Waals surface area contributed by atoms with Crippen LogP contribution in [0.15, 0.2) is 12.3 Å². The van der Waals surface area contributed by atoms with Gasteiger partial charge in [-0.25, -0.2) is 0 Å². The zero-order valence-corrected chi connectivity index (χ0v) is 8.51. The van der Waals surface area contributed by atoms with Crippen LogP contribution in [0.5, 0.6) is 0 Å². The van der Waals surface area contributed by atoms with Crippen molar-refractivity contribution in [3.8, 4) is 0 Å². The molecule has 0 aliphatic heterocycles. The van der Waals surface area contributed by atoms with Crippen molar-refractivity contribution >= 4 is 0 Å². The smallest absolute Gasteiger partial charge is 0.0490 e. The van der Waals surface area contributed by atoms with Gasteiger partial charge in [0.05, 0.1) is 0 Å². The fourth-order valence-electron chi connectivity index (χ4n) is 1.28. The van der Waals surface area contributed by atoms with Crippen LogP contribution in [0.25, 0.3) is 0 Å². The van der Waals surface area contributed by atoms with Crippen LogP contribution in [-0.2, 0) is 6.54 Å². The summed E-state index contributed by atoms with van der Waals surface area (Å²) in [5.74, 6) is 0. The number of aromatic nitrogens is 2. The number of rotatable bonds is 6. The van der Waals surface area contributed by atoms with Crippen molar-refractivity contribution in [1.82, 2.24) is 15.5 Å². The minimum atomic E-state index is 0.600. The fraction of sp³-hybridized carbons (Fsp3) is 0.700. The maximum atomic E-state index is 3.90. The Labute approximate surface area is 79.9 Å². The summed E-state index contributed by atoms with van der Waals surface area (Å²) in [5.41, 5.74) is 1.16. The van der Waals surface area contributed by atoms with Gasteiger partial charge in [0.2, 0.25) is 0 Å². The zero-order valence-electron chi connectivity index (χ0n) is 8.51. The average Bonchev–Trinajstić information content (AvgIpc) is 2.64. The Balaban J connectivity index is 2.11. The molecular formula is C10H19N3. The Bertz CT molecular complexity index is 206. The predicted molar refractivity (Wildman–Crippen MR) is 54.4 cm³/mol. The maximum absolute atomic E-state index is 3.90. The molecule has 0 saturated heterocycles. The molecule has 1 rings (SSSR count). The second-order valence-corrected chi connectivity index (χ2v) is 3.51. The lowest BCUT2D eigenvalue weighted by molar-refractivity contribution is 0.491. The quantitative estimate of drug-likeness (QED) is 0.705. The molecule has 0 fully saturated rings. The van der Waals surface area contributed by atoms with Crippen LogP contribution < -0.4 is 5.32 Å². The molecule has 0 spiro atoms. The predicted octanol–water partition coefficient (Wildman–Crippen LogP) is 2.08. The third kappa shape index (κ3) is 4.08. The molecule has 0 aliphatic rings. The molecule has 1 aromatic heterocycles. The summed E-state index contributed by atoms with van der Waals surface area (Å²) in [5, 5.41) is 10.3. The van der Waals surface area contributed by atoms with E-state index in [0.29, 0.717) is 6.04 Å². The highest BCUT2D eigenvalue weighted by atomic mass is 15.1. The van der Waals surface area contributed by atoms with E-state index in [1.807, 2.05) is 6.07 Å². The van der Waals surface area contributed by atoms with E-state index < -0.39 is 0 Å². The molecule has 1 unspecified atom stereocenters. The lowest BCUT2D eigenvalue weighted by Gasteiger charge is -2.11. The van der Waals surface area contributed by atoms with Crippen LogP contribution in [0, 0.1) is 0 Å². The molecule has 0 aromatic carbocycles. The Morgan fingerprint density at radius 2 is 2.46 bits per heavy atom. The number of aromatic amines is 1. The van der Waals surface area contributed by atoms with E-state index in [4.69, 9.17) is 0 Å². The molecule has 1 heterocycles. The molecule has 0 saturated carbocycles. The third-order valence-corrected chi connectivity index (χ3v) is 2.19. The van der Waals surface area contributed by atoms with Gasteiger partial charge in [-0.3, -0.25) is 5.10 Å². The molecule has 3 heteroatoms. The Morgan fingerprint density at radius 1 is 1.62 bits per heavy atom. The molecule has 1 atom stereocenters. The van der Waals surface area contributed by atoms with Gasteiger partial charge in [-0.15, -0.1) is 0 Å². The van der Waals surface area contributed by atoms with Crippen molar-refractivity contribution in [2.24, 2.45) is 0 Å². The van der Waals surface area contributed by atoms with E-state index in [-0.39, 0.29) is 0 Å². The first-order valence-electron chi connectivity index (χ1n) is 5.04. The van der Waals surface area contributed by atoms with Crippen LogP contribution in [-0.4, -0.2) is 16.2 Å². The van der Waals surface area contributed by atoms with Gasteiger partial charge in [-0.1, -0.05) is 19.8 Å². The highest BCUT2D eigenvalue weighted by Gasteiger charge is 2.00. The Kier molecular flexibility index (Phi) is 4.54. The summed E-state index contributed by atoms with van der Waals surface area (Å²) in [4.78, 5) is 0. The van der Waals surface area contributed by atoms with Crippen molar-refractivity contribution in [3.05, 3.63) is 18.0 Å². The first-order chi connectivity index (χ1) is 6.33. The van der Waals surface area contributed by atoms with E-state index >= 15 is 0 Å². The highest BCUT2D eigenvalue weighted by molar-refractivity contribution is 4.96. The first-order valence-corrected chi connectivity index (χ1v) is 5.04. The number of nitrogens with zero attached hydrogens (tertiary/aromatic N) is 1. The van der Waals surface area contributed by atoms with Crippen LogP contribution in [0.3, 0.4) is 0 Å². The monoisotopic (exact) mass is 181 g/mol. The van der Waals surface area contributed by atoms with E-state index in [2.05, 4.69) is 29.4 Å². The summed E-state index contributed by atoms with van der Waals surface area (Å²) in [6, 6.07) is 2.60. The van der Waals surface area contributed by atoms with Gasteiger partial charge in [0.1, 0.15) is 0 Å². The minimum Gasteiger partial charge on any atom is -0.309 e. The maximum Gasteiger partial charge on any atom is 0.0490 e. The lowest BCUT2D eigenvalue weighted by Crippen LogP contribution is -2.25. The molecule has 2 N–H and O–H groups in total. The standard InChI is InChI=1S/C10H19N3/c1-3-4-5-9(2)11-8-10-6-7-12-13-10/h6-7,9,11H,3-5,8H2,1-2H3,(H,12,13). The number of H-pyrrole nitrogens is 1. The van der Waals surface area contributed by atoms with Gasteiger partial charge in [0.15, 0.2) is 0 Å². The topological polar surface area (TPSA) is 40.7 Å². The number of nitrogens with one attached hydrogen (secondary N) is 2. The van der Waals surface area contributed by atoms with E-state index in [1.165, 1.54) is 19.3 Å². The van der Waals surface area contributed by atoms with Gasteiger partial charge < -0.3 is 5.32 Å². The molecule has 0 amide bonds. The summed E-state index contributed by atoms with van der Waals surface area (Å²) >= 11 is 0. The van der Waals surface area contributed by atoms with E-state index in [9.17, 15) is 0 Å². The Morgan fingerprint density at radius 3 is 3.08 bits per heavy atom. The zero-order chi connectivity index (χ0) is 9.52. The van der Waals surface area contributed by atoms with Crippen molar-refractivity contribution in [3.63, 3.8) is 0 Å². The molecule has 0 aliphatic carbocycles. The van der Waals surface area contributed by atoms with Crippen LogP contribution in [0.4, 0.5) is 0 Å². The largest absolute Gasteiger partial charge is 0.309 e. The summed E-state index contributed by atoms with van der Waals surface area (Å²) in [6.45, 7) is 5.35. The van der Waals surface area contributed by atoms with Gasteiger partial charge in [0.25, 0.3) is 0 Å². The normalized spacial score (nSPS) is 13.1. The van der Waals surface area contributed by atoms with Gasteiger partial charge >= 0.3 is 0 Å². The second-order valence-electron chi connectivity index (χ2n) is 3.51. The molecule has 0 bridgehead atoms. The van der Waals surface area contributed by atoms with Crippen molar-refractivity contribution < 1.29 is 0 Å². The van der Waals surface area contributed by atoms with Crippen LogP contribution in [0.1, 0.15) is 38.8 Å². The van der Waals surface area contributed by atoms with Gasteiger partial charge in [-0.2, -0.15) is 5.10 Å². The molecule has 0 radical (unpaired) electrons. The third-order valence-electron chi connectivity index (χ3n) is 2.19. The first kappa shape index (κ1) is 10.3. The van der Waals surface area contributed by atoms with Crippen molar-refractivity contribution in [2.75, 3.05) is 0 Å². The van der Waals surface area contributed by atoms with Crippen molar-refractivity contribution in [1.29, 1.82) is 0 Å². The highest BCUT2D eigenvalue weighted by Crippen LogP contribution is 2.00. The lowest BCUT2D eigenvalue weighted by atomic mass is 10.1. The van der Waals surface area contributed by atoms with E-state index in [1.54, 1.807) is 6.20 Å². The SMILES string of the molecule is CCCCC(C)NCc1ccn[nH]1. The number of hydrogen-bond acceptors (Lipinski definition) is 2.